The lowest BCUT2D eigenvalue weighted by Gasteiger charge is -1.98. The molecule has 3 aromatic rings. The minimum Gasteiger partial charge on any atom is -0.463 e. The molecule has 0 atom stereocenters. The number of benzene rings is 1. The van der Waals surface area contributed by atoms with Gasteiger partial charge in [0.2, 0.25) is 5.13 Å². The van der Waals surface area contributed by atoms with Gasteiger partial charge in [-0.1, -0.05) is 0 Å². The van der Waals surface area contributed by atoms with E-state index in [2.05, 4.69) is 15.5 Å². The number of rotatable bonds is 4. The van der Waals surface area contributed by atoms with E-state index in [0.717, 1.165) is 17.0 Å². The molecule has 0 radical (unpaired) electrons. The zero-order valence-electron chi connectivity index (χ0n) is 11.2. The highest BCUT2D eigenvalue weighted by Gasteiger charge is 2.05. The van der Waals surface area contributed by atoms with Crippen molar-refractivity contribution in [3.8, 4) is 11.3 Å². The van der Waals surface area contributed by atoms with Gasteiger partial charge in [0, 0.05) is 10.9 Å². The Labute approximate surface area is 125 Å². The molecule has 0 unspecified atom stereocenters. The summed E-state index contributed by atoms with van der Waals surface area (Å²) in [4.78, 5) is 4.41. The summed E-state index contributed by atoms with van der Waals surface area (Å²) >= 11 is 1.43. The van der Waals surface area contributed by atoms with Crippen LogP contribution in [0, 0.1) is 5.82 Å². The van der Waals surface area contributed by atoms with Gasteiger partial charge in [0.1, 0.15) is 17.3 Å². The second kappa shape index (κ2) is 5.88. The third-order valence-corrected chi connectivity index (χ3v) is 3.59. The molecule has 0 amide bonds. The molecule has 2 aromatic heterocycles. The monoisotopic (exact) mass is 301 g/mol. The molecule has 1 N–H and O–H groups in total. The van der Waals surface area contributed by atoms with Crippen LogP contribution in [0.25, 0.3) is 11.3 Å². The maximum atomic E-state index is 12.9. The number of hydrazone groups is 1. The van der Waals surface area contributed by atoms with E-state index in [-0.39, 0.29) is 5.82 Å². The van der Waals surface area contributed by atoms with Crippen LogP contribution in [0.2, 0.25) is 0 Å². The standard InChI is InChI=1S/C15H12FN3OS/c1-10(14-3-2-8-20-14)18-19-15-17-13(9-21-15)11-4-6-12(16)7-5-11/h2-9H,1H3,(H,17,19)/b18-10-. The molecule has 0 aliphatic rings. The van der Waals surface area contributed by atoms with Gasteiger partial charge < -0.3 is 4.42 Å². The van der Waals surface area contributed by atoms with Crippen LogP contribution in [-0.4, -0.2) is 10.7 Å². The summed E-state index contributed by atoms with van der Waals surface area (Å²) < 4.78 is 18.1. The fourth-order valence-corrected chi connectivity index (χ4v) is 2.41. The first-order valence-electron chi connectivity index (χ1n) is 6.28. The first kappa shape index (κ1) is 13.5. The fraction of sp³-hybridized carbons (Fsp3) is 0.0667. The van der Waals surface area contributed by atoms with Crippen LogP contribution in [0.4, 0.5) is 9.52 Å². The summed E-state index contributed by atoms with van der Waals surface area (Å²) in [7, 11) is 0. The van der Waals surface area contributed by atoms with Gasteiger partial charge in [0.15, 0.2) is 0 Å². The van der Waals surface area contributed by atoms with Gasteiger partial charge in [-0.25, -0.2) is 9.37 Å². The normalized spacial score (nSPS) is 11.6. The summed E-state index contributed by atoms with van der Waals surface area (Å²) in [6.07, 6.45) is 1.60. The lowest BCUT2D eigenvalue weighted by molar-refractivity contribution is 0.557. The van der Waals surface area contributed by atoms with Crippen molar-refractivity contribution in [2.75, 3.05) is 5.43 Å². The molecule has 0 saturated heterocycles. The Balaban J connectivity index is 1.73. The zero-order chi connectivity index (χ0) is 14.7. The summed E-state index contributed by atoms with van der Waals surface area (Å²) in [5.74, 6) is 0.448. The van der Waals surface area contributed by atoms with E-state index in [0.29, 0.717) is 10.9 Å². The molecule has 0 spiro atoms. The molecule has 21 heavy (non-hydrogen) atoms. The van der Waals surface area contributed by atoms with Crippen LogP contribution in [-0.2, 0) is 0 Å². The van der Waals surface area contributed by atoms with Gasteiger partial charge >= 0.3 is 0 Å². The molecule has 106 valence electrons. The highest BCUT2D eigenvalue weighted by atomic mass is 32.1. The number of nitrogens with one attached hydrogen (secondary N) is 1. The van der Waals surface area contributed by atoms with Crippen molar-refractivity contribution in [1.29, 1.82) is 0 Å². The third kappa shape index (κ3) is 3.17. The van der Waals surface area contributed by atoms with E-state index in [1.807, 2.05) is 24.4 Å². The third-order valence-electron chi connectivity index (χ3n) is 2.84. The van der Waals surface area contributed by atoms with E-state index in [1.165, 1.54) is 23.5 Å². The number of anilines is 1. The van der Waals surface area contributed by atoms with Crippen LogP contribution in [0.3, 0.4) is 0 Å². The minimum atomic E-state index is -0.258. The molecule has 0 fully saturated rings. The van der Waals surface area contributed by atoms with Crippen molar-refractivity contribution in [2.24, 2.45) is 5.10 Å². The quantitative estimate of drug-likeness (QED) is 0.575. The van der Waals surface area contributed by atoms with Gasteiger partial charge in [0.05, 0.1) is 12.0 Å². The van der Waals surface area contributed by atoms with Crippen molar-refractivity contribution in [1.82, 2.24) is 4.98 Å². The Hall–Kier alpha value is -2.47. The Morgan fingerprint density at radius 2 is 2.10 bits per heavy atom. The van der Waals surface area contributed by atoms with Crippen LogP contribution >= 0.6 is 11.3 Å². The molecular formula is C15H12FN3OS. The molecule has 0 bridgehead atoms. The molecule has 1 aromatic carbocycles. The lowest BCUT2D eigenvalue weighted by Crippen LogP contribution is -1.97. The zero-order valence-corrected chi connectivity index (χ0v) is 12.0. The first-order valence-corrected chi connectivity index (χ1v) is 7.16. The van der Waals surface area contributed by atoms with Crippen LogP contribution in [0.15, 0.2) is 57.6 Å². The SMILES string of the molecule is C/C(=N/Nc1nc(-c2ccc(F)cc2)cs1)c1ccco1. The van der Waals surface area contributed by atoms with E-state index >= 15 is 0 Å². The Bertz CT molecular complexity index is 748. The van der Waals surface area contributed by atoms with Crippen LogP contribution in [0.1, 0.15) is 12.7 Å². The second-order valence-electron chi connectivity index (χ2n) is 4.33. The van der Waals surface area contributed by atoms with Crippen molar-refractivity contribution in [3.05, 3.63) is 59.6 Å². The molecular weight excluding hydrogens is 289 g/mol. The number of nitrogens with zero attached hydrogens (tertiary/aromatic N) is 2. The summed E-state index contributed by atoms with van der Waals surface area (Å²) in [5, 5.41) is 6.78. The smallest absolute Gasteiger partial charge is 0.203 e. The maximum absolute atomic E-state index is 12.9. The largest absolute Gasteiger partial charge is 0.463 e. The van der Waals surface area contributed by atoms with E-state index in [9.17, 15) is 4.39 Å². The van der Waals surface area contributed by atoms with Gasteiger partial charge in [-0.2, -0.15) is 5.10 Å². The Morgan fingerprint density at radius 1 is 1.29 bits per heavy atom. The topological polar surface area (TPSA) is 50.4 Å². The molecule has 6 heteroatoms. The Morgan fingerprint density at radius 3 is 2.81 bits per heavy atom. The van der Waals surface area contributed by atoms with Gasteiger partial charge in [0.25, 0.3) is 0 Å². The average molecular weight is 301 g/mol. The molecule has 3 rings (SSSR count). The van der Waals surface area contributed by atoms with Gasteiger partial charge in [-0.05, 0) is 43.3 Å². The second-order valence-corrected chi connectivity index (χ2v) is 5.19. The number of halogens is 1. The minimum absolute atomic E-state index is 0.258. The van der Waals surface area contributed by atoms with Gasteiger partial charge in [-0.3, -0.25) is 5.43 Å². The maximum Gasteiger partial charge on any atom is 0.203 e. The number of furan rings is 1. The van der Waals surface area contributed by atoms with Crippen LogP contribution in [0.5, 0.6) is 0 Å². The van der Waals surface area contributed by atoms with Crippen molar-refractivity contribution >= 4 is 22.2 Å². The lowest BCUT2D eigenvalue weighted by atomic mass is 10.2. The van der Waals surface area contributed by atoms with Crippen molar-refractivity contribution < 1.29 is 8.81 Å². The van der Waals surface area contributed by atoms with Gasteiger partial charge in [-0.15, -0.1) is 11.3 Å². The predicted octanol–water partition coefficient (Wildman–Crippen LogP) is 4.38. The number of aromatic nitrogens is 1. The number of thiazole rings is 1. The summed E-state index contributed by atoms with van der Waals surface area (Å²) in [6.45, 7) is 1.85. The molecule has 4 nitrogen and oxygen atoms in total. The molecule has 0 saturated carbocycles. The van der Waals surface area contributed by atoms with Crippen molar-refractivity contribution in [2.45, 2.75) is 6.92 Å². The predicted molar refractivity (Wildman–Crippen MR) is 82.0 cm³/mol. The summed E-state index contributed by atoms with van der Waals surface area (Å²) in [6, 6.07) is 9.88. The molecule has 0 aliphatic carbocycles. The number of hydrogen-bond acceptors (Lipinski definition) is 5. The Kier molecular flexibility index (Phi) is 3.79. The highest BCUT2D eigenvalue weighted by molar-refractivity contribution is 7.14. The highest BCUT2D eigenvalue weighted by Crippen LogP contribution is 2.25. The number of hydrogen-bond donors (Lipinski definition) is 1. The average Bonchev–Trinajstić information content (AvgIpc) is 3.17. The van der Waals surface area contributed by atoms with E-state index < -0.39 is 0 Å². The van der Waals surface area contributed by atoms with E-state index in [4.69, 9.17) is 4.42 Å². The molecule has 2 heterocycles. The summed E-state index contributed by atoms with van der Waals surface area (Å²) in [5.41, 5.74) is 5.28. The fourth-order valence-electron chi connectivity index (χ4n) is 1.75. The van der Waals surface area contributed by atoms with E-state index in [1.54, 1.807) is 18.4 Å². The van der Waals surface area contributed by atoms with Crippen LogP contribution < -0.4 is 5.43 Å². The first-order chi connectivity index (χ1) is 10.2. The van der Waals surface area contributed by atoms with Crippen molar-refractivity contribution in [3.63, 3.8) is 0 Å². The molecule has 0 aliphatic heterocycles.